The first kappa shape index (κ1) is 21.8. The summed E-state index contributed by atoms with van der Waals surface area (Å²) < 4.78 is 11.3. The Hall–Kier alpha value is -1.93. The third-order valence-corrected chi connectivity index (χ3v) is 5.34. The second-order valence-corrected chi connectivity index (χ2v) is 8.24. The molecule has 0 aliphatic rings. The Morgan fingerprint density at radius 3 is 2.62 bits per heavy atom. The second-order valence-electron chi connectivity index (χ2n) is 6.04. The predicted molar refractivity (Wildman–Crippen MR) is 115 cm³/mol. The predicted octanol–water partition coefficient (Wildman–Crippen LogP) is 6.21. The topological polar surface area (TPSA) is 77.2 Å². The molecule has 0 saturated heterocycles. The maximum absolute atomic E-state index is 12.2. The summed E-state index contributed by atoms with van der Waals surface area (Å²) in [6.07, 6.45) is -0.527. The zero-order chi connectivity index (χ0) is 21.0. The average Bonchev–Trinajstić information content (AvgIpc) is 3.14. The number of anilines is 1. The van der Waals surface area contributed by atoms with Gasteiger partial charge in [-0.2, -0.15) is 0 Å². The number of benzene rings is 2. The van der Waals surface area contributed by atoms with Crippen molar-refractivity contribution < 1.29 is 13.9 Å². The van der Waals surface area contributed by atoms with Crippen LogP contribution >= 0.6 is 46.6 Å². The molecule has 10 heteroatoms. The molecule has 29 heavy (non-hydrogen) atoms. The molecule has 0 aliphatic carbocycles. The van der Waals surface area contributed by atoms with Gasteiger partial charge in [0, 0.05) is 15.7 Å². The Kier molecular flexibility index (Phi) is 7.29. The van der Waals surface area contributed by atoms with Crippen molar-refractivity contribution in [2.24, 2.45) is 0 Å². The summed E-state index contributed by atoms with van der Waals surface area (Å²) in [6, 6.07) is 10.2. The van der Waals surface area contributed by atoms with Crippen molar-refractivity contribution >= 4 is 58.2 Å². The Morgan fingerprint density at radius 1 is 1.17 bits per heavy atom. The number of ether oxygens (including phenoxy) is 1. The van der Waals surface area contributed by atoms with Gasteiger partial charge in [0.2, 0.25) is 5.91 Å². The molecule has 0 fully saturated rings. The lowest BCUT2D eigenvalue weighted by Gasteiger charge is -2.12. The van der Waals surface area contributed by atoms with E-state index in [-0.39, 0.29) is 22.8 Å². The summed E-state index contributed by atoms with van der Waals surface area (Å²) in [7, 11) is 0. The molecule has 1 atom stereocenters. The number of carbonyl (C=O) groups excluding carboxylic acids is 1. The Bertz CT molecular complexity index is 1030. The van der Waals surface area contributed by atoms with Crippen LogP contribution in [0.5, 0.6) is 5.75 Å². The molecule has 3 rings (SSSR count). The number of carbonyl (C=O) groups is 1. The van der Waals surface area contributed by atoms with E-state index in [9.17, 15) is 4.79 Å². The average molecular weight is 473 g/mol. The molecule has 1 heterocycles. The first-order valence-electron chi connectivity index (χ1n) is 8.45. The van der Waals surface area contributed by atoms with Crippen molar-refractivity contribution in [3.05, 3.63) is 62.9 Å². The van der Waals surface area contributed by atoms with Crippen molar-refractivity contribution in [3.8, 4) is 5.75 Å². The van der Waals surface area contributed by atoms with Gasteiger partial charge in [0.1, 0.15) is 5.75 Å². The fraction of sp³-hybridized carbons (Fsp3) is 0.211. The molecule has 0 bridgehead atoms. The summed E-state index contributed by atoms with van der Waals surface area (Å²) in [5, 5.41) is 12.5. The van der Waals surface area contributed by atoms with E-state index < -0.39 is 6.10 Å². The van der Waals surface area contributed by atoms with Crippen LogP contribution in [0.3, 0.4) is 0 Å². The standard InChI is InChI=1S/C19H16Cl3N3O3S/c1-10-7-12(20)3-5-15(10)23-17(26)9-29-19-25-24-18(28-19)11(2)27-16-6-4-13(21)8-14(16)22/h3-8,11H,9H2,1-2H3,(H,23,26)/t11-/m1/s1. The number of halogens is 3. The summed E-state index contributed by atoms with van der Waals surface area (Å²) in [4.78, 5) is 12.2. The smallest absolute Gasteiger partial charge is 0.277 e. The van der Waals surface area contributed by atoms with Gasteiger partial charge in [-0.1, -0.05) is 46.6 Å². The third-order valence-electron chi connectivity index (χ3n) is 3.76. The normalized spacial score (nSPS) is 11.9. The summed E-state index contributed by atoms with van der Waals surface area (Å²) >= 11 is 19.0. The highest BCUT2D eigenvalue weighted by Gasteiger charge is 2.18. The molecule has 0 unspecified atom stereocenters. The highest BCUT2D eigenvalue weighted by atomic mass is 35.5. The van der Waals surface area contributed by atoms with Gasteiger partial charge in [-0.25, -0.2) is 0 Å². The zero-order valence-corrected chi connectivity index (χ0v) is 18.5. The van der Waals surface area contributed by atoms with Gasteiger partial charge in [0.05, 0.1) is 10.8 Å². The Morgan fingerprint density at radius 2 is 1.90 bits per heavy atom. The molecule has 0 spiro atoms. The molecule has 0 aliphatic heterocycles. The second kappa shape index (κ2) is 9.71. The molecule has 3 aromatic rings. The van der Waals surface area contributed by atoms with E-state index >= 15 is 0 Å². The van der Waals surface area contributed by atoms with Crippen LogP contribution in [0, 0.1) is 6.92 Å². The quantitative estimate of drug-likeness (QED) is 0.412. The highest BCUT2D eigenvalue weighted by molar-refractivity contribution is 7.99. The summed E-state index contributed by atoms with van der Waals surface area (Å²) in [6.45, 7) is 3.62. The minimum Gasteiger partial charge on any atom is -0.479 e. The lowest BCUT2D eigenvalue weighted by molar-refractivity contribution is -0.113. The van der Waals surface area contributed by atoms with Gasteiger partial charge in [-0.3, -0.25) is 4.79 Å². The van der Waals surface area contributed by atoms with Crippen LogP contribution in [0.25, 0.3) is 0 Å². The van der Waals surface area contributed by atoms with E-state index in [0.717, 1.165) is 17.3 Å². The van der Waals surface area contributed by atoms with E-state index in [0.29, 0.717) is 26.5 Å². The van der Waals surface area contributed by atoms with E-state index in [1.807, 2.05) is 6.92 Å². The van der Waals surface area contributed by atoms with Gasteiger partial charge in [0.25, 0.3) is 11.1 Å². The lowest BCUT2D eigenvalue weighted by Crippen LogP contribution is -2.14. The minimum absolute atomic E-state index is 0.113. The van der Waals surface area contributed by atoms with Crippen molar-refractivity contribution in [2.45, 2.75) is 25.2 Å². The van der Waals surface area contributed by atoms with E-state index in [1.165, 1.54) is 0 Å². The molecule has 1 amide bonds. The SMILES string of the molecule is Cc1cc(Cl)ccc1NC(=O)CSc1nnc([C@@H](C)Oc2ccc(Cl)cc2Cl)o1. The maximum atomic E-state index is 12.2. The van der Waals surface area contributed by atoms with Crippen LogP contribution in [0.15, 0.2) is 46.0 Å². The first-order valence-corrected chi connectivity index (χ1v) is 10.6. The van der Waals surface area contributed by atoms with Gasteiger partial charge < -0.3 is 14.5 Å². The molecule has 0 saturated carbocycles. The molecular weight excluding hydrogens is 457 g/mol. The molecule has 6 nitrogen and oxygen atoms in total. The Labute approximate surface area is 186 Å². The van der Waals surface area contributed by atoms with Crippen molar-refractivity contribution in [1.29, 1.82) is 0 Å². The summed E-state index contributed by atoms with van der Waals surface area (Å²) in [5.41, 5.74) is 1.58. The number of amides is 1. The number of nitrogens with one attached hydrogen (secondary N) is 1. The molecule has 2 aromatic carbocycles. The maximum Gasteiger partial charge on any atom is 0.277 e. The van der Waals surface area contributed by atoms with Crippen LogP contribution in [-0.2, 0) is 4.79 Å². The molecule has 152 valence electrons. The van der Waals surface area contributed by atoms with Gasteiger partial charge in [0.15, 0.2) is 6.10 Å². The summed E-state index contributed by atoms with van der Waals surface area (Å²) in [5.74, 6) is 0.639. The highest BCUT2D eigenvalue weighted by Crippen LogP contribution is 2.31. The van der Waals surface area contributed by atoms with E-state index in [2.05, 4.69) is 15.5 Å². The van der Waals surface area contributed by atoms with Crippen molar-refractivity contribution in [1.82, 2.24) is 10.2 Å². The van der Waals surface area contributed by atoms with Crippen LogP contribution in [-0.4, -0.2) is 21.9 Å². The van der Waals surface area contributed by atoms with Gasteiger partial charge in [-0.15, -0.1) is 10.2 Å². The number of rotatable bonds is 7. The first-order chi connectivity index (χ1) is 13.8. The fourth-order valence-corrected chi connectivity index (χ4v) is 3.58. The number of aromatic nitrogens is 2. The largest absolute Gasteiger partial charge is 0.479 e. The van der Waals surface area contributed by atoms with E-state index in [4.69, 9.17) is 44.0 Å². The number of hydrogen-bond acceptors (Lipinski definition) is 6. The number of thioether (sulfide) groups is 1. The van der Waals surface area contributed by atoms with Gasteiger partial charge in [-0.05, 0) is 55.8 Å². The monoisotopic (exact) mass is 471 g/mol. The molecular formula is C19H16Cl3N3O3S. The number of aryl methyl sites for hydroxylation is 1. The van der Waals surface area contributed by atoms with Crippen molar-refractivity contribution in [3.63, 3.8) is 0 Å². The van der Waals surface area contributed by atoms with Gasteiger partial charge >= 0.3 is 0 Å². The lowest BCUT2D eigenvalue weighted by atomic mass is 10.2. The van der Waals surface area contributed by atoms with E-state index in [1.54, 1.807) is 43.3 Å². The third kappa shape index (κ3) is 6.02. The minimum atomic E-state index is -0.527. The Balaban J connectivity index is 1.54. The number of hydrogen-bond donors (Lipinski definition) is 1. The van der Waals surface area contributed by atoms with Crippen LogP contribution in [0.2, 0.25) is 15.1 Å². The van der Waals surface area contributed by atoms with Crippen LogP contribution < -0.4 is 10.1 Å². The molecule has 0 radical (unpaired) electrons. The molecule has 1 N–H and O–H groups in total. The van der Waals surface area contributed by atoms with Crippen LogP contribution in [0.1, 0.15) is 24.5 Å². The van der Waals surface area contributed by atoms with Crippen LogP contribution in [0.4, 0.5) is 5.69 Å². The number of nitrogens with zero attached hydrogens (tertiary/aromatic N) is 2. The molecule has 1 aromatic heterocycles. The van der Waals surface area contributed by atoms with Crippen molar-refractivity contribution in [2.75, 3.05) is 11.1 Å². The zero-order valence-electron chi connectivity index (χ0n) is 15.4. The fourth-order valence-electron chi connectivity index (χ4n) is 2.34.